The minimum atomic E-state index is -1.00. The first-order valence-electron chi connectivity index (χ1n) is 14.1. The number of carboxylic acids is 1. The van der Waals surface area contributed by atoms with Gasteiger partial charge in [0.1, 0.15) is 24.6 Å². The number of hydrogen-bond acceptors (Lipinski definition) is 8. The zero-order valence-corrected chi connectivity index (χ0v) is 24.4. The lowest BCUT2D eigenvalue weighted by Crippen LogP contribution is -2.36. The van der Waals surface area contributed by atoms with Crippen LogP contribution in [0.1, 0.15) is 52.8 Å². The minimum Gasteiger partial charge on any atom is -0.478 e. The van der Waals surface area contributed by atoms with Gasteiger partial charge in [-0.15, -0.1) is 10.2 Å². The summed E-state index contributed by atoms with van der Waals surface area (Å²) in [5, 5.41) is 18.1. The Morgan fingerprint density at radius 3 is 2.68 bits per heavy atom. The number of carbonyl (C=O) groups is 1. The molecule has 1 saturated heterocycles. The van der Waals surface area contributed by atoms with Gasteiger partial charge in [0.2, 0.25) is 0 Å². The van der Waals surface area contributed by atoms with Crippen molar-refractivity contribution >= 4 is 34.4 Å². The van der Waals surface area contributed by atoms with Crippen molar-refractivity contribution in [3.8, 4) is 6.01 Å². The van der Waals surface area contributed by atoms with E-state index in [0.717, 1.165) is 48.1 Å². The number of hydrogen-bond donors (Lipinski definition) is 1. The van der Waals surface area contributed by atoms with Gasteiger partial charge < -0.3 is 23.9 Å². The van der Waals surface area contributed by atoms with E-state index < -0.39 is 17.6 Å². The number of aromatic nitrogens is 7. The summed E-state index contributed by atoms with van der Waals surface area (Å²) in [4.78, 5) is 26.8. The number of piperidine rings is 1. The number of ether oxygens (including phenoxy) is 1. The number of carboxylic acid groups (broad SMARTS) is 1. The van der Waals surface area contributed by atoms with Gasteiger partial charge in [-0.3, -0.25) is 0 Å². The molecule has 1 N–H and O–H groups in total. The predicted molar refractivity (Wildman–Crippen MR) is 156 cm³/mol. The molecular weight excluding hydrogens is 594 g/mol. The SMILES string of the molecule is Cn1cnnc1Cn1c([C@H]2CC23CCN(c2nc(OCc4ccc(Cl)cc4F)ncc2F)CC3)nc2ccc(C(=O)O)cc21. The normalized spacial score (nSPS) is 17.4. The molecule has 7 rings (SSSR count). The molecular formula is C30H27ClF2N8O3. The van der Waals surface area contributed by atoms with Crippen LogP contribution in [0.2, 0.25) is 5.02 Å². The van der Waals surface area contributed by atoms with E-state index in [-0.39, 0.29) is 45.9 Å². The quantitative estimate of drug-likeness (QED) is 0.256. The van der Waals surface area contributed by atoms with Crippen LogP contribution >= 0.6 is 11.6 Å². The average molecular weight is 621 g/mol. The molecule has 1 aliphatic carbocycles. The number of rotatable bonds is 8. The van der Waals surface area contributed by atoms with Crippen LogP contribution in [0.5, 0.6) is 6.01 Å². The lowest BCUT2D eigenvalue weighted by Gasteiger charge is -2.33. The van der Waals surface area contributed by atoms with Crippen molar-refractivity contribution in [2.45, 2.75) is 38.3 Å². The maximum absolute atomic E-state index is 14.9. The minimum absolute atomic E-state index is 0.0138. The molecule has 0 unspecified atom stereocenters. The van der Waals surface area contributed by atoms with E-state index in [4.69, 9.17) is 21.3 Å². The monoisotopic (exact) mass is 620 g/mol. The third-order valence-electron chi connectivity index (χ3n) is 8.76. The fourth-order valence-electron chi connectivity index (χ4n) is 6.14. The van der Waals surface area contributed by atoms with Crippen molar-refractivity contribution in [1.29, 1.82) is 0 Å². The van der Waals surface area contributed by atoms with Crippen molar-refractivity contribution < 1.29 is 23.4 Å². The first-order chi connectivity index (χ1) is 21.2. The summed E-state index contributed by atoms with van der Waals surface area (Å²) in [6.07, 6.45) is 5.20. The number of halogens is 3. The molecule has 1 aliphatic heterocycles. The largest absolute Gasteiger partial charge is 0.478 e. The Labute approximate surface area is 255 Å². The molecule has 1 spiro atoms. The van der Waals surface area contributed by atoms with Gasteiger partial charge in [-0.25, -0.2) is 23.5 Å². The number of benzene rings is 2. The van der Waals surface area contributed by atoms with Gasteiger partial charge in [-0.05, 0) is 55.0 Å². The Balaban J connectivity index is 1.09. The maximum atomic E-state index is 14.9. The predicted octanol–water partition coefficient (Wildman–Crippen LogP) is 4.99. The van der Waals surface area contributed by atoms with E-state index in [2.05, 4.69) is 24.7 Å². The van der Waals surface area contributed by atoms with Crippen LogP contribution in [0.4, 0.5) is 14.6 Å². The highest BCUT2D eigenvalue weighted by Gasteiger charge is 2.57. The van der Waals surface area contributed by atoms with Crippen LogP contribution in [-0.4, -0.2) is 58.4 Å². The number of aryl methyl sites for hydroxylation is 1. The summed E-state index contributed by atoms with van der Waals surface area (Å²) < 4.78 is 38.5. The van der Waals surface area contributed by atoms with Crippen molar-refractivity contribution in [3.63, 3.8) is 0 Å². The second-order valence-corrected chi connectivity index (χ2v) is 11.8. The Morgan fingerprint density at radius 2 is 1.95 bits per heavy atom. The second kappa shape index (κ2) is 10.8. The van der Waals surface area contributed by atoms with Gasteiger partial charge in [0.25, 0.3) is 0 Å². The molecule has 0 amide bonds. The Morgan fingerprint density at radius 1 is 1.14 bits per heavy atom. The maximum Gasteiger partial charge on any atom is 0.335 e. The molecule has 11 nitrogen and oxygen atoms in total. The standard InChI is InChI=1S/C30H27ClF2N8O3/c1-39-16-35-38-25(39)14-41-24-10-17(28(42)43)3-5-23(24)36-26(41)20-12-30(20)6-8-40(9-7-30)27-22(33)13-34-29(37-27)44-15-18-2-4-19(31)11-21(18)32/h2-5,10-11,13,16,20H,6-9,12,14-15H2,1H3,(H,42,43)/t20-/m1/s1. The zero-order valence-electron chi connectivity index (χ0n) is 23.6. The zero-order chi connectivity index (χ0) is 30.6. The number of nitrogens with zero attached hydrogens (tertiary/aromatic N) is 8. The number of aromatic carboxylic acids is 1. The Kier molecular flexibility index (Phi) is 6.91. The smallest absolute Gasteiger partial charge is 0.335 e. The molecule has 226 valence electrons. The molecule has 14 heteroatoms. The number of anilines is 1. The molecule has 0 radical (unpaired) electrons. The van der Waals surface area contributed by atoms with Crippen molar-refractivity contribution in [3.05, 3.63) is 88.4 Å². The van der Waals surface area contributed by atoms with Gasteiger partial charge >= 0.3 is 12.0 Å². The molecule has 3 aromatic heterocycles. The van der Waals surface area contributed by atoms with Gasteiger partial charge in [-0.2, -0.15) is 4.98 Å². The summed E-state index contributed by atoms with van der Waals surface area (Å²) in [6, 6.07) is 9.20. The highest BCUT2D eigenvalue weighted by molar-refractivity contribution is 6.30. The fourth-order valence-corrected chi connectivity index (χ4v) is 6.30. The number of fused-ring (bicyclic) bond motifs is 1. The van der Waals surface area contributed by atoms with Crippen LogP contribution < -0.4 is 9.64 Å². The fraction of sp³-hybridized carbons (Fsp3) is 0.333. The molecule has 2 fully saturated rings. The first kappa shape index (κ1) is 28.1. The molecule has 4 heterocycles. The molecule has 1 atom stereocenters. The van der Waals surface area contributed by atoms with Crippen molar-refractivity contribution in [2.24, 2.45) is 12.5 Å². The van der Waals surface area contributed by atoms with E-state index in [0.29, 0.717) is 19.6 Å². The molecule has 0 bridgehead atoms. The Bertz CT molecular complexity index is 1900. The summed E-state index contributed by atoms with van der Waals surface area (Å²) >= 11 is 5.82. The number of imidazole rings is 1. The third kappa shape index (κ3) is 5.10. The van der Waals surface area contributed by atoms with Gasteiger partial charge in [0, 0.05) is 36.6 Å². The summed E-state index contributed by atoms with van der Waals surface area (Å²) in [6.45, 7) is 1.42. The van der Waals surface area contributed by atoms with Crippen LogP contribution in [0.25, 0.3) is 11.0 Å². The van der Waals surface area contributed by atoms with Crippen LogP contribution in [0.15, 0.2) is 48.9 Å². The van der Waals surface area contributed by atoms with Crippen LogP contribution in [-0.2, 0) is 20.2 Å². The average Bonchev–Trinajstić information content (AvgIpc) is 3.33. The highest BCUT2D eigenvalue weighted by atomic mass is 35.5. The molecule has 2 aliphatic rings. The topological polar surface area (TPSA) is 124 Å². The summed E-state index contributed by atoms with van der Waals surface area (Å²) in [5.41, 5.74) is 1.92. The lowest BCUT2D eigenvalue weighted by atomic mass is 9.90. The van der Waals surface area contributed by atoms with Crippen LogP contribution in [0, 0.1) is 17.0 Å². The van der Waals surface area contributed by atoms with Crippen molar-refractivity contribution in [1.82, 2.24) is 34.3 Å². The van der Waals surface area contributed by atoms with Gasteiger partial charge in [0.05, 0.1) is 29.3 Å². The molecule has 2 aromatic carbocycles. The van der Waals surface area contributed by atoms with Crippen molar-refractivity contribution in [2.75, 3.05) is 18.0 Å². The summed E-state index contributed by atoms with van der Waals surface area (Å²) in [5.74, 6) is -0.149. The summed E-state index contributed by atoms with van der Waals surface area (Å²) in [7, 11) is 1.86. The third-order valence-corrected chi connectivity index (χ3v) is 9.00. The van der Waals surface area contributed by atoms with E-state index >= 15 is 0 Å². The Hall–Kier alpha value is -4.65. The van der Waals surface area contributed by atoms with E-state index in [1.165, 1.54) is 12.1 Å². The first-order valence-corrected chi connectivity index (χ1v) is 14.5. The van der Waals surface area contributed by atoms with Gasteiger partial charge in [0.15, 0.2) is 17.5 Å². The van der Waals surface area contributed by atoms with Gasteiger partial charge in [-0.1, -0.05) is 17.7 Å². The van der Waals surface area contributed by atoms with E-state index in [1.807, 2.05) is 16.5 Å². The van der Waals surface area contributed by atoms with Crippen LogP contribution in [0.3, 0.4) is 0 Å². The highest BCUT2D eigenvalue weighted by Crippen LogP contribution is 2.65. The molecule has 44 heavy (non-hydrogen) atoms. The molecule has 5 aromatic rings. The lowest BCUT2D eigenvalue weighted by molar-refractivity contribution is 0.0697. The van der Waals surface area contributed by atoms with E-state index in [9.17, 15) is 18.7 Å². The second-order valence-electron chi connectivity index (χ2n) is 11.4. The van der Waals surface area contributed by atoms with E-state index in [1.54, 1.807) is 30.6 Å². The molecule has 1 saturated carbocycles.